The van der Waals surface area contributed by atoms with Crippen LogP contribution in [0, 0.1) is 0 Å². The summed E-state index contributed by atoms with van der Waals surface area (Å²) in [7, 11) is 2.12. The second-order valence-corrected chi connectivity index (χ2v) is 7.92. The summed E-state index contributed by atoms with van der Waals surface area (Å²) in [4.78, 5) is 4.61. The summed E-state index contributed by atoms with van der Waals surface area (Å²) in [6.45, 7) is 0. The van der Waals surface area contributed by atoms with E-state index >= 15 is 0 Å². The number of rotatable bonds is 5. The van der Waals surface area contributed by atoms with Crippen molar-refractivity contribution in [2.75, 3.05) is 16.8 Å². The first kappa shape index (κ1) is 19.9. The van der Waals surface area contributed by atoms with Gasteiger partial charge in [0.25, 0.3) is 0 Å². The molecule has 0 bridgehead atoms. The Labute approximate surface area is 190 Å². The number of likely N-dealkylation sites (N-methyl/N-ethyl adjacent to an activating group) is 1. The molecule has 0 fully saturated rings. The van der Waals surface area contributed by atoms with Crippen LogP contribution in [-0.2, 0) is 0 Å². The third-order valence-electron chi connectivity index (χ3n) is 5.90. The van der Waals surface area contributed by atoms with Gasteiger partial charge in [0.15, 0.2) is 0 Å². The van der Waals surface area contributed by atoms with Crippen LogP contribution in [0.3, 0.4) is 0 Å². The molecule has 2 nitrogen and oxygen atoms in total. The van der Waals surface area contributed by atoms with Crippen LogP contribution < -0.4 is 9.80 Å². The van der Waals surface area contributed by atoms with Gasteiger partial charge in [-0.2, -0.15) is 0 Å². The van der Waals surface area contributed by atoms with Crippen LogP contribution in [0.4, 0.5) is 17.1 Å². The molecule has 0 heterocycles. The number of hydrogen-bond donors (Lipinski definition) is 0. The van der Waals surface area contributed by atoms with Crippen molar-refractivity contribution in [1.82, 2.24) is 0 Å². The zero-order valence-electron chi connectivity index (χ0n) is 18.2. The molecule has 0 spiro atoms. The van der Waals surface area contributed by atoms with E-state index in [2.05, 4.69) is 144 Å². The number of benzene rings is 4. The molecule has 32 heavy (non-hydrogen) atoms. The van der Waals surface area contributed by atoms with Crippen LogP contribution in [0.25, 0.3) is 10.8 Å². The minimum absolute atomic E-state index is 0.848. The molecule has 0 aromatic heterocycles. The monoisotopic (exact) mass is 414 g/mol. The average molecular weight is 415 g/mol. The van der Waals surface area contributed by atoms with E-state index in [9.17, 15) is 0 Å². The Hall–Kier alpha value is -4.04. The predicted molar refractivity (Wildman–Crippen MR) is 137 cm³/mol. The standard InChI is InChI=1S/C30H26N2/c1-31(25-14-4-2-5-15-25)26-18-11-19-28(23-22-26)32(27-16-6-3-7-17-27)30-21-10-13-24-12-8-9-20-29(24)30/h2-18,20-23H,19H2,1H3. The summed E-state index contributed by atoms with van der Waals surface area (Å²) in [5.74, 6) is 0. The van der Waals surface area contributed by atoms with Gasteiger partial charge in [0.1, 0.15) is 0 Å². The predicted octanol–water partition coefficient (Wildman–Crippen LogP) is 7.84. The summed E-state index contributed by atoms with van der Waals surface area (Å²) in [6.07, 6.45) is 9.78. The third-order valence-corrected chi connectivity index (χ3v) is 5.90. The topological polar surface area (TPSA) is 6.48 Å². The van der Waals surface area contributed by atoms with Crippen molar-refractivity contribution >= 4 is 27.8 Å². The largest absolute Gasteiger partial charge is 0.345 e. The Morgan fingerprint density at radius 2 is 1.28 bits per heavy atom. The molecule has 156 valence electrons. The highest BCUT2D eigenvalue weighted by atomic mass is 15.2. The fraction of sp³-hybridized carbons (Fsp3) is 0.0667. The van der Waals surface area contributed by atoms with Gasteiger partial charge < -0.3 is 9.80 Å². The number of hydrogen-bond acceptors (Lipinski definition) is 2. The fourth-order valence-electron chi connectivity index (χ4n) is 4.24. The lowest BCUT2D eigenvalue weighted by Crippen LogP contribution is -2.16. The van der Waals surface area contributed by atoms with Crippen molar-refractivity contribution in [2.24, 2.45) is 0 Å². The molecule has 0 atom stereocenters. The van der Waals surface area contributed by atoms with Crippen LogP contribution in [0.15, 0.2) is 139 Å². The van der Waals surface area contributed by atoms with Crippen LogP contribution >= 0.6 is 0 Å². The smallest absolute Gasteiger partial charge is 0.0536 e. The zero-order valence-corrected chi connectivity index (χ0v) is 18.2. The summed E-state index contributed by atoms with van der Waals surface area (Å²) < 4.78 is 0. The fourth-order valence-corrected chi connectivity index (χ4v) is 4.24. The van der Waals surface area contributed by atoms with Crippen molar-refractivity contribution in [1.29, 1.82) is 0 Å². The van der Waals surface area contributed by atoms with Gasteiger partial charge in [-0.15, -0.1) is 0 Å². The van der Waals surface area contributed by atoms with Crippen molar-refractivity contribution in [3.8, 4) is 0 Å². The summed E-state index contributed by atoms with van der Waals surface area (Å²) in [5, 5.41) is 2.49. The van der Waals surface area contributed by atoms with Gasteiger partial charge >= 0.3 is 0 Å². The zero-order chi connectivity index (χ0) is 21.8. The Kier molecular flexibility index (Phi) is 5.59. The molecule has 4 aromatic carbocycles. The maximum absolute atomic E-state index is 2.38. The molecule has 0 N–H and O–H groups in total. The Morgan fingerprint density at radius 3 is 2.06 bits per heavy atom. The maximum Gasteiger partial charge on any atom is 0.0536 e. The molecule has 5 rings (SSSR count). The number of anilines is 3. The molecular formula is C30H26N2. The van der Waals surface area contributed by atoms with Gasteiger partial charge in [0.2, 0.25) is 0 Å². The number of nitrogens with zero attached hydrogens (tertiary/aromatic N) is 2. The van der Waals surface area contributed by atoms with Gasteiger partial charge in [0.05, 0.1) is 5.69 Å². The van der Waals surface area contributed by atoms with Crippen LogP contribution in [0.1, 0.15) is 6.42 Å². The van der Waals surface area contributed by atoms with Crippen molar-refractivity contribution < 1.29 is 0 Å². The highest BCUT2D eigenvalue weighted by Crippen LogP contribution is 2.37. The average Bonchev–Trinajstić information content (AvgIpc) is 3.11. The van der Waals surface area contributed by atoms with E-state index in [1.807, 2.05) is 0 Å². The van der Waals surface area contributed by atoms with Crippen LogP contribution in [0.2, 0.25) is 0 Å². The second kappa shape index (κ2) is 8.99. The number of para-hydroxylation sites is 2. The highest BCUT2D eigenvalue weighted by molar-refractivity contribution is 5.97. The van der Waals surface area contributed by atoms with E-state index in [0.29, 0.717) is 0 Å². The maximum atomic E-state index is 2.38. The first-order valence-electron chi connectivity index (χ1n) is 11.0. The lowest BCUT2D eigenvalue weighted by Gasteiger charge is -2.28. The second-order valence-electron chi connectivity index (χ2n) is 7.92. The summed E-state index contributed by atoms with van der Waals surface area (Å²) >= 11 is 0. The molecule has 0 saturated heterocycles. The van der Waals surface area contributed by atoms with Gasteiger partial charge in [-0.25, -0.2) is 0 Å². The van der Waals surface area contributed by atoms with Gasteiger partial charge in [-0.3, -0.25) is 0 Å². The van der Waals surface area contributed by atoms with E-state index in [4.69, 9.17) is 0 Å². The quantitative estimate of drug-likeness (QED) is 0.328. The van der Waals surface area contributed by atoms with Crippen LogP contribution in [-0.4, -0.2) is 7.05 Å². The molecule has 1 aliphatic carbocycles. The van der Waals surface area contributed by atoms with Gasteiger partial charge in [-0.05, 0) is 53.9 Å². The van der Waals surface area contributed by atoms with Gasteiger partial charge in [0, 0.05) is 41.6 Å². The minimum atomic E-state index is 0.848. The van der Waals surface area contributed by atoms with Crippen LogP contribution in [0.5, 0.6) is 0 Å². The summed E-state index contributed by atoms with van der Waals surface area (Å²) in [5.41, 5.74) is 5.94. The molecule has 2 heteroatoms. The number of allylic oxidation sites excluding steroid dienone is 4. The van der Waals surface area contributed by atoms with E-state index in [1.54, 1.807) is 0 Å². The van der Waals surface area contributed by atoms with Crippen molar-refractivity contribution in [3.63, 3.8) is 0 Å². The molecule has 0 radical (unpaired) electrons. The molecular weight excluding hydrogens is 388 g/mol. The molecule has 0 amide bonds. The van der Waals surface area contributed by atoms with E-state index in [0.717, 1.165) is 17.8 Å². The lowest BCUT2D eigenvalue weighted by molar-refractivity contribution is 1.09. The number of fused-ring (bicyclic) bond motifs is 1. The first-order valence-corrected chi connectivity index (χ1v) is 11.0. The molecule has 1 aliphatic rings. The van der Waals surface area contributed by atoms with Crippen molar-refractivity contribution in [3.05, 3.63) is 139 Å². The van der Waals surface area contributed by atoms with E-state index in [-0.39, 0.29) is 0 Å². The Morgan fingerprint density at radius 1 is 0.625 bits per heavy atom. The lowest BCUT2D eigenvalue weighted by atomic mass is 10.1. The minimum Gasteiger partial charge on any atom is -0.345 e. The highest BCUT2D eigenvalue weighted by Gasteiger charge is 2.17. The molecule has 0 saturated carbocycles. The van der Waals surface area contributed by atoms with E-state index < -0.39 is 0 Å². The summed E-state index contributed by atoms with van der Waals surface area (Å²) in [6, 6.07) is 36.2. The Bertz CT molecular complexity index is 1300. The SMILES string of the molecule is CN(C1=CC=C(N(c2ccccc2)c2cccc3ccccc23)CC=C1)c1ccccc1. The molecule has 0 unspecified atom stereocenters. The normalized spacial score (nSPS) is 13.3. The third kappa shape index (κ3) is 3.95. The van der Waals surface area contributed by atoms with Gasteiger partial charge in [-0.1, -0.05) is 78.9 Å². The van der Waals surface area contributed by atoms with Crippen molar-refractivity contribution in [2.45, 2.75) is 6.42 Å². The van der Waals surface area contributed by atoms with E-state index in [1.165, 1.54) is 27.8 Å². The molecule has 4 aromatic rings. The Balaban J connectivity index is 1.60. The first-order chi connectivity index (χ1) is 15.8. The molecule has 0 aliphatic heterocycles.